The lowest BCUT2D eigenvalue weighted by Crippen LogP contribution is -2.37. The summed E-state index contributed by atoms with van der Waals surface area (Å²) < 4.78 is 10.8. The van der Waals surface area contributed by atoms with Gasteiger partial charge in [-0.05, 0) is 57.5 Å². The van der Waals surface area contributed by atoms with E-state index in [4.69, 9.17) is 21.1 Å². The molecule has 1 heterocycles. The molecule has 0 spiro atoms. The highest BCUT2D eigenvalue weighted by Gasteiger charge is 2.25. The molecule has 0 atom stereocenters. The Kier molecular flexibility index (Phi) is 9.37. The van der Waals surface area contributed by atoms with Gasteiger partial charge >= 0.3 is 5.97 Å². The molecule has 4 nitrogen and oxygen atoms in total. The van der Waals surface area contributed by atoms with Gasteiger partial charge in [0.25, 0.3) is 0 Å². The minimum atomic E-state index is -0.0357. The van der Waals surface area contributed by atoms with Crippen molar-refractivity contribution in [3.05, 3.63) is 29.3 Å². The van der Waals surface area contributed by atoms with Crippen LogP contribution in [0.1, 0.15) is 26.2 Å². The van der Waals surface area contributed by atoms with Crippen LogP contribution in [-0.2, 0) is 9.53 Å². The van der Waals surface area contributed by atoms with E-state index in [0.29, 0.717) is 18.2 Å². The van der Waals surface area contributed by atoms with Crippen LogP contribution >= 0.6 is 24.0 Å². The molecule has 0 aliphatic carbocycles. The van der Waals surface area contributed by atoms with Crippen molar-refractivity contribution >= 4 is 30.0 Å². The molecular formula is C17H25Cl2NO3. The first-order valence-corrected chi connectivity index (χ1v) is 8.34. The number of piperidine rings is 1. The first kappa shape index (κ1) is 20.1. The van der Waals surface area contributed by atoms with Crippen molar-refractivity contribution in [1.29, 1.82) is 0 Å². The summed E-state index contributed by atoms with van der Waals surface area (Å²) in [6.07, 6.45) is 2.76. The fourth-order valence-electron chi connectivity index (χ4n) is 2.69. The molecular weight excluding hydrogens is 337 g/mol. The number of rotatable bonds is 7. The van der Waals surface area contributed by atoms with Crippen LogP contribution in [0.15, 0.2) is 24.3 Å². The second kappa shape index (κ2) is 10.7. The van der Waals surface area contributed by atoms with Gasteiger partial charge in [-0.15, -0.1) is 12.4 Å². The summed E-state index contributed by atoms with van der Waals surface area (Å²) in [6.45, 7) is 5.92. The number of halogens is 2. The fraction of sp³-hybridized carbons (Fsp3) is 0.588. The van der Waals surface area contributed by atoms with Crippen LogP contribution in [0.25, 0.3) is 0 Å². The normalized spacial score (nSPS) is 15.7. The Labute approximate surface area is 149 Å². The lowest BCUT2D eigenvalue weighted by Gasteiger charge is -2.30. The first-order chi connectivity index (χ1) is 10.7. The molecule has 6 heteroatoms. The number of nitrogens with zero attached hydrogens (tertiary/aromatic N) is 1. The van der Waals surface area contributed by atoms with E-state index in [1.54, 1.807) is 0 Å². The lowest BCUT2D eigenvalue weighted by atomic mass is 9.97. The van der Waals surface area contributed by atoms with Crippen LogP contribution in [0.2, 0.25) is 5.02 Å². The van der Waals surface area contributed by atoms with Gasteiger partial charge in [0, 0.05) is 11.6 Å². The monoisotopic (exact) mass is 361 g/mol. The average molecular weight is 362 g/mol. The van der Waals surface area contributed by atoms with Crippen molar-refractivity contribution < 1.29 is 14.3 Å². The largest absolute Gasteiger partial charge is 0.493 e. The predicted octanol–water partition coefficient (Wildman–Crippen LogP) is 3.81. The molecule has 1 saturated heterocycles. The molecule has 1 aromatic carbocycles. The Morgan fingerprint density at radius 2 is 2.09 bits per heavy atom. The van der Waals surface area contributed by atoms with Gasteiger partial charge in [-0.25, -0.2) is 0 Å². The van der Waals surface area contributed by atoms with Gasteiger partial charge in [-0.3, -0.25) is 4.79 Å². The number of benzene rings is 1. The van der Waals surface area contributed by atoms with E-state index in [1.807, 2.05) is 31.2 Å². The molecule has 130 valence electrons. The average Bonchev–Trinajstić information content (AvgIpc) is 2.52. The van der Waals surface area contributed by atoms with Gasteiger partial charge in [0.15, 0.2) is 0 Å². The molecule has 0 aromatic heterocycles. The van der Waals surface area contributed by atoms with Crippen LogP contribution in [0.3, 0.4) is 0 Å². The van der Waals surface area contributed by atoms with E-state index in [2.05, 4.69) is 4.90 Å². The number of esters is 1. The summed E-state index contributed by atoms with van der Waals surface area (Å²) >= 11 is 5.92. The van der Waals surface area contributed by atoms with Gasteiger partial charge in [0.2, 0.25) is 0 Å². The zero-order valence-corrected chi connectivity index (χ0v) is 15.1. The smallest absolute Gasteiger partial charge is 0.309 e. The Morgan fingerprint density at radius 3 is 2.74 bits per heavy atom. The van der Waals surface area contributed by atoms with Crippen molar-refractivity contribution in [2.45, 2.75) is 26.2 Å². The van der Waals surface area contributed by atoms with Crippen molar-refractivity contribution in [3.8, 4) is 5.75 Å². The highest BCUT2D eigenvalue weighted by atomic mass is 35.5. The van der Waals surface area contributed by atoms with E-state index >= 15 is 0 Å². The Bertz CT molecular complexity index is 477. The predicted molar refractivity (Wildman–Crippen MR) is 94.6 cm³/mol. The maximum atomic E-state index is 11.7. The number of likely N-dealkylation sites (tertiary alicyclic amines) is 1. The third kappa shape index (κ3) is 6.98. The molecule has 2 rings (SSSR count). The number of hydrogen-bond donors (Lipinski definition) is 0. The number of carbonyl (C=O) groups excluding carboxylic acids is 1. The van der Waals surface area contributed by atoms with Crippen molar-refractivity contribution in [2.75, 3.05) is 32.8 Å². The zero-order valence-electron chi connectivity index (χ0n) is 13.5. The second-order valence-corrected chi connectivity index (χ2v) is 5.96. The first-order valence-electron chi connectivity index (χ1n) is 7.96. The molecule has 1 aromatic rings. The number of carbonyl (C=O) groups is 1. The molecule has 0 radical (unpaired) electrons. The van der Waals surface area contributed by atoms with Crippen LogP contribution in [-0.4, -0.2) is 43.7 Å². The summed E-state index contributed by atoms with van der Waals surface area (Å²) in [6, 6.07) is 7.46. The third-order valence-corrected chi connectivity index (χ3v) is 4.13. The van der Waals surface area contributed by atoms with Gasteiger partial charge in [0.05, 0.1) is 19.1 Å². The highest BCUT2D eigenvalue weighted by molar-refractivity contribution is 6.30. The van der Waals surface area contributed by atoms with Crippen molar-refractivity contribution in [3.63, 3.8) is 0 Å². The van der Waals surface area contributed by atoms with Crippen LogP contribution in [0, 0.1) is 5.92 Å². The van der Waals surface area contributed by atoms with E-state index in [1.165, 1.54) is 0 Å². The van der Waals surface area contributed by atoms with E-state index in [0.717, 1.165) is 44.6 Å². The minimum absolute atomic E-state index is 0. The summed E-state index contributed by atoms with van der Waals surface area (Å²) in [4.78, 5) is 14.1. The molecule has 0 N–H and O–H groups in total. The van der Waals surface area contributed by atoms with Gasteiger partial charge in [0.1, 0.15) is 5.75 Å². The minimum Gasteiger partial charge on any atom is -0.493 e. The standard InChI is InChI=1S/C17H24ClNO3.ClH/c1-2-21-17(20)14-7-10-19(11-8-14)9-4-12-22-16-6-3-5-15(18)13-16;/h3,5-6,13-14H,2,4,7-12H2,1H3;1H. The lowest BCUT2D eigenvalue weighted by molar-refractivity contribution is -0.149. The molecule has 0 amide bonds. The molecule has 0 bridgehead atoms. The van der Waals surface area contributed by atoms with Crippen molar-refractivity contribution in [2.24, 2.45) is 5.92 Å². The quantitative estimate of drug-likeness (QED) is 0.546. The maximum Gasteiger partial charge on any atom is 0.309 e. The topological polar surface area (TPSA) is 38.8 Å². The Hall–Kier alpha value is -0.970. The molecule has 1 fully saturated rings. The van der Waals surface area contributed by atoms with Gasteiger partial charge in [-0.1, -0.05) is 17.7 Å². The Morgan fingerprint density at radius 1 is 1.35 bits per heavy atom. The molecule has 0 unspecified atom stereocenters. The molecule has 0 saturated carbocycles. The van der Waals surface area contributed by atoms with Gasteiger partial charge in [-0.2, -0.15) is 0 Å². The SMILES string of the molecule is CCOC(=O)C1CCN(CCCOc2cccc(Cl)c2)CC1.Cl. The summed E-state index contributed by atoms with van der Waals surface area (Å²) in [5.74, 6) is 0.860. The Balaban J connectivity index is 0.00000264. The highest BCUT2D eigenvalue weighted by Crippen LogP contribution is 2.19. The fourth-order valence-corrected chi connectivity index (χ4v) is 2.87. The van der Waals surface area contributed by atoms with E-state index in [-0.39, 0.29) is 24.3 Å². The molecule has 1 aliphatic rings. The van der Waals surface area contributed by atoms with Crippen molar-refractivity contribution in [1.82, 2.24) is 4.90 Å². The van der Waals surface area contributed by atoms with Crippen LogP contribution in [0.4, 0.5) is 0 Å². The number of ether oxygens (including phenoxy) is 2. The number of hydrogen-bond acceptors (Lipinski definition) is 4. The zero-order chi connectivity index (χ0) is 15.8. The molecule has 1 aliphatic heterocycles. The second-order valence-electron chi connectivity index (χ2n) is 5.53. The summed E-state index contributed by atoms with van der Waals surface area (Å²) in [5.41, 5.74) is 0. The molecule has 23 heavy (non-hydrogen) atoms. The summed E-state index contributed by atoms with van der Waals surface area (Å²) in [7, 11) is 0. The maximum absolute atomic E-state index is 11.7. The third-order valence-electron chi connectivity index (χ3n) is 3.89. The summed E-state index contributed by atoms with van der Waals surface area (Å²) in [5, 5.41) is 0.693. The van der Waals surface area contributed by atoms with Crippen LogP contribution in [0.5, 0.6) is 5.75 Å². The van der Waals surface area contributed by atoms with E-state index in [9.17, 15) is 4.79 Å². The van der Waals surface area contributed by atoms with Crippen LogP contribution < -0.4 is 4.74 Å². The van der Waals surface area contributed by atoms with Gasteiger partial charge < -0.3 is 14.4 Å². The van der Waals surface area contributed by atoms with E-state index < -0.39 is 0 Å².